The minimum atomic E-state index is -0.716. The van der Waals surface area contributed by atoms with E-state index in [-0.39, 0.29) is 6.54 Å². The van der Waals surface area contributed by atoms with Gasteiger partial charge in [0, 0.05) is 12.6 Å². The average Bonchev–Trinajstić information content (AvgIpc) is 2.76. The van der Waals surface area contributed by atoms with Crippen LogP contribution in [0.5, 0.6) is 0 Å². The van der Waals surface area contributed by atoms with Crippen LogP contribution in [0.1, 0.15) is 21.5 Å². The van der Waals surface area contributed by atoms with Crippen LogP contribution in [-0.2, 0) is 20.7 Å². The fourth-order valence-corrected chi connectivity index (χ4v) is 2.58. The smallest absolute Gasteiger partial charge is 0.338 e. The number of methoxy groups -OCH3 is 1. The molecule has 1 radical (unpaired) electrons. The molecule has 0 saturated carbocycles. The Hall–Kier alpha value is -3.74. The summed E-state index contributed by atoms with van der Waals surface area (Å²) in [7, 11) is 1.29. The number of nitrogens with zero attached hydrogens (tertiary/aromatic N) is 1. The number of carbonyl (C=O) groups excluding carboxylic acids is 4. The molecular weight excluding hydrogens is 372 g/mol. The Morgan fingerprint density at radius 1 is 1.07 bits per heavy atom. The number of amides is 3. The van der Waals surface area contributed by atoms with Gasteiger partial charge in [0.05, 0.1) is 19.2 Å². The van der Waals surface area contributed by atoms with E-state index in [9.17, 15) is 19.2 Å². The Kier molecular flexibility index (Phi) is 8.31. The van der Waals surface area contributed by atoms with Crippen molar-refractivity contribution in [3.8, 4) is 0 Å². The number of hydrogen-bond acceptors (Lipinski definition) is 5. The summed E-state index contributed by atoms with van der Waals surface area (Å²) < 4.78 is 4.74. The molecule has 0 fully saturated rings. The molecule has 0 aliphatic heterocycles. The third-order valence-electron chi connectivity index (χ3n) is 4.05. The normalized spacial score (nSPS) is 10.4. The van der Waals surface area contributed by atoms with Crippen LogP contribution in [0.3, 0.4) is 0 Å². The lowest BCUT2D eigenvalue weighted by atomic mass is 10.0. The van der Waals surface area contributed by atoms with Gasteiger partial charge in [-0.05, 0) is 29.7 Å². The first-order valence-corrected chi connectivity index (χ1v) is 8.90. The first-order chi connectivity index (χ1) is 14.1. The predicted octanol–water partition coefficient (Wildman–Crippen LogP) is 2.38. The van der Waals surface area contributed by atoms with Gasteiger partial charge in [0.25, 0.3) is 5.91 Å². The third kappa shape index (κ3) is 6.42. The first-order valence-electron chi connectivity index (χ1n) is 8.90. The van der Waals surface area contributed by atoms with Crippen molar-refractivity contribution in [2.45, 2.75) is 6.42 Å². The molecule has 2 rings (SSSR count). The van der Waals surface area contributed by atoms with Gasteiger partial charge in [-0.3, -0.25) is 14.5 Å². The summed E-state index contributed by atoms with van der Waals surface area (Å²) in [6.07, 6.45) is 4.69. The molecule has 149 valence electrons. The number of hydrogen-bond donors (Lipinski definition) is 1. The maximum absolute atomic E-state index is 12.3. The first kappa shape index (κ1) is 21.6. The highest BCUT2D eigenvalue weighted by atomic mass is 16.5. The standard InChI is InChI=1S/C22H21N2O5/c1-29-21(27)19-10-6-5-9-18(19)13-14-23-22(28)24(15-16-25)20(26)12-11-17-7-3-2-4-8-17/h2-12H,13-15H2,1H3,(H,23,28)/b12-11+. The number of carbonyl (C=O) groups is 3. The van der Waals surface area contributed by atoms with Crippen molar-refractivity contribution in [1.82, 2.24) is 10.2 Å². The van der Waals surface area contributed by atoms with Gasteiger partial charge in [-0.1, -0.05) is 48.5 Å². The van der Waals surface area contributed by atoms with Crippen LogP contribution >= 0.6 is 0 Å². The van der Waals surface area contributed by atoms with E-state index >= 15 is 0 Å². The zero-order valence-corrected chi connectivity index (χ0v) is 16.0. The Morgan fingerprint density at radius 2 is 1.76 bits per heavy atom. The van der Waals surface area contributed by atoms with Crippen molar-refractivity contribution < 1.29 is 23.9 Å². The maximum Gasteiger partial charge on any atom is 0.338 e. The predicted molar refractivity (Wildman–Crippen MR) is 108 cm³/mol. The van der Waals surface area contributed by atoms with Crippen molar-refractivity contribution in [3.05, 3.63) is 77.4 Å². The van der Waals surface area contributed by atoms with Crippen molar-refractivity contribution >= 4 is 30.3 Å². The molecular formula is C22H21N2O5. The summed E-state index contributed by atoms with van der Waals surface area (Å²) in [6, 6.07) is 15.3. The molecule has 2 aromatic rings. The summed E-state index contributed by atoms with van der Waals surface area (Å²) in [5.41, 5.74) is 1.89. The fraction of sp³-hybridized carbons (Fsp3) is 0.182. The highest BCUT2D eigenvalue weighted by Gasteiger charge is 2.19. The fourth-order valence-electron chi connectivity index (χ4n) is 2.58. The summed E-state index contributed by atoms with van der Waals surface area (Å²) in [6.45, 7) is -0.319. The highest BCUT2D eigenvalue weighted by molar-refractivity contribution is 6.03. The van der Waals surface area contributed by atoms with Crippen LogP contribution in [0.25, 0.3) is 6.08 Å². The molecule has 7 heteroatoms. The summed E-state index contributed by atoms with van der Waals surface area (Å²) in [5.74, 6) is -1.10. The Morgan fingerprint density at radius 3 is 2.45 bits per heavy atom. The van der Waals surface area contributed by atoms with E-state index in [4.69, 9.17) is 4.74 Å². The van der Waals surface area contributed by atoms with E-state index in [0.29, 0.717) is 17.5 Å². The van der Waals surface area contributed by atoms with Crippen molar-refractivity contribution in [3.63, 3.8) is 0 Å². The number of esters is 1. The molecule has 3 amide bonds. The second-order valence-corrected chi connectivity index (χ2v) is 5.94. The molecule has 29 heavy (non-hydrogen) atoms. The van der Waals surface area contributed by atoms with Crippen molar-refractivity contribution in [2.24, 2.45) is 0 Å². The van der Waals surface area contributed by atoms with Crippen molar-refractivity contribution in [1.29, 1.82) is 0 Å². The van der Waals surface area contributed by atoms with Crippen LogP contribution in [-0.4, -0.2) is 49.3 Å². The van der Waals surface area contributed by atoms with Crippen molar-refractivity contribution in [2.75, 3.05) is 20.2 Å². The molecule has 1 N–H and O–H groups in total. The molecule has 0 aliphatic carbocycles. The van der Waals surface area contributed by atoms with Gasteiger partial charge in [0.15, 0.2) is 0 Å². The monoisotopic (exact) mass is 393 g/mol. The third-order valence-corrected chi connectivity index (χ3v) is 4.05. The average molecular weight is 393 g/mol. The quantitative estimate of drug-likeness (QED) is 0.549. The van der Waals surface area contributed by atoms with Crippen LogP contribution < -0.4 is 5.32 Å². The minimum Gasteiger partial charge on any atom is -0.465 e. The molecule has 0 heterocycles. The number of benzene rings is 2. The highest BCUT2D eigenvalue weighted by Crippen LogP contribution is 2.10. The van der Waals surface area contributed by atoms with E-state index in [2.05, 4.69) is 5.32 Å². The van der Waals surface area contributed by atoms with Gasteiger partial charge in [-0.15, -0.1) is 0 Å². The van der Waals surface area contributed by atoms with Gasteiger partial charge >= 0.3 is 12.0 Å². The lowest BCUT2D eigenvalue weighted by Gasteiger charge is -2.17. The van der Waals surface area contributed by atoms with Gasteiger partial charge in [-0.2, -0.15) is 0 Å². The minimum absolute atomic E-state index is 0.165. The van der Waals surface area contributed by atoms with Crippen LogP contribution in [0, 0.1) is 0 Å². The van der Waals surface area contributed by atoms with Gasteiger partial charge in [0.1, 0.15) is 0 Å². The Balaban J connectivity index is 1.98. The summed E-state index contributed by atoms with van der Waals surface area (Å²) in [5, 5.41) is 2.58. The molecule has 7 nitrogen and oxygen atoms in total. The SMILES string of the molecule is COC(=O)c1ccccc1CCNC(=O)N(C[C]=O)C(=O)/C=C/c1ccccc1. The number of urea groups is 1. The molecule has 0 atom stereocenters. The second kappa shape index (κ2) is 11.2. The molecule has 2 aromatic carbocycles. The molecule has 0 unspecified atom stereocenters. The zero-order chi connectivity index (χ0) is 21.1. The largest absolute Gasteiger partial charge is 0.465 e. The Labute approximate surface area is 169 Å². The van der Waals surface area contributed by atoms with E-state index in [1.54, 1.807) is 48.8 Å². The number of nitrogens with one attached hydrogen (secondary N) is 1. The number of rotatable bonds is 8. The molecule has 0 bridgehead atoms. The molecule has 0 saturated heterocycles. The zero-order valence-electron chi connectivity index (χ0n) is 16.0. The van der Waals surface area contributed by atoms with E-state index in [0.717, 1.165) is 10.5 Å². The lowest BCUT2D eigenvalue weighted by molar-refractivity contribution is -0.122. The number of imide groups is 1. The molecule has 0 aromatic heterocycles. The van der Waals surface area contributed by atoms with E-state index in [1.807, 2.05) is 18.2 Å². The van der Waals surface area contributed by atoms with Gasteiger partial charge in [-0.25, -0.2) is 9.59 Å². The molecule has 0 spiro atoms. The number of ether oxygens (including phenoxy) is 1. The second-order valence-electron chi connectivity index (χ2n) is 5.94. The van der Waals surface area contributed by atoms with E-state index < -0.39 is 24.5 Å². The van der Waals surface area contributed by atoms with Crippen LogP contribution in [0.15, 0.2) is 60.7 Å². The van der Waals surface area contributed by atoms with E-state index in [1.165, 1.54) is 13.2 Å². The van der Waals surface area contributed by atoms with Crippen LogP contribution in [0.2, 0.25) is 0 Å². The molecule has 0 aliphatic rings. The van der Waals surface area contributed by atoms with Gasteiger partial charge < -0.3 is 10.1 Å². The Bertz CT molecular complexity index is 893. The van der Waals surface area contributed by atoms with Crippen LogP contribution in [0.4, 0.5) is 4.79 Å². The lowest BCUT2D eigenvalue weighted by Crippen LogP contribution is -2.44. The van der Waals surface area contributed by atoms with Gasteiger partial charge in [0.2, 0.25) is 6.29 Å². The summed E-state index contributed by atoms with van der Waals surface area (Å²) in [4.78, 5) is 48.0. The topological polar surface area (TPSA) is 92.8 Å². The maximum atomic E-state index is 12.3. The summed E-state index contributed by atoms with van der Waals surface area (Å²) >= 11 is 0.